The van der Waals surface area contributed by atoms with E-state index in [9.17, 15) is 9.59 Å². The molecule has 0 heterocycles. The topological polar surface area (TPSA) is 52.6 Å². The molecule has 0 aliphatic rings. The lowest BCUT2D eigenvalue weighted by atomic mass is 9.86. The maximum absolute atomic E-state index is 12.3. The third-order valence-corrected chi connectivity index (χ3v) is 9.66. The van der Waals surface area contributed by atoms with Crippen molar-refractivity contribution in [1.29, 1.82) is 0 Å². The van der Waals surface area contributed by atoms with Gasteiger partial charge in [-0.3, -0.25) is 9.59 Å². The van der Waals surface area contributed by atoms with E-state index >= 15 is 0 Å². The van der Waals surface area contributed by atoms with Gasteiger partial charge in [0, 0.05) is 12.8 Å². The Morgan fingerprint density at radius 1 is 0.465 bits per heavy atom. The maximum atomic E-state index is 12.3. The van der Waals surface area contributed by atoms with Crippen molar-refractivity contribution in [1.82, 2.24) is 0 Å². The Hall–Kier alpha value is -1.06. The largest absolute Gasteiger partial charge is 0.465 e. The van der Waals surface area contributed by atoms with E-state index in [1.807, 2.05) is 0 Å². The second-order valence-electron chi connectivity index (χ2n) is 13.9. The Morgan fingerprint density at radius 3 is 1.26 bits per heavy atom. The Morgan fingerprint density at radius 2 is 0.860 bits per heavy atom. The van der Waals surface area contributed by atoms with Gasteiger partial charge in [0.05, 0.1) is 13.2 Å². The normalized spacial score (nSPS) is 13.7. The molecule has 0 aliphatic carbocycles. The summed E-state index contributed by atoms with van der Waals surface area (Å²) in [6, 6.07) is 0. The molecule has 43 heavy (non-hydrogen) atoms. The molecule has 0 aliphatic heterocycles. The standard InChI is InChI=1S/C39H76O4/c1-7-11-26-35(9-3)32-42-38(40)29-25-23-21-19-17-15-13-14-16-18-20-22-24-28-37(34(5)6)30-31-39(41)43-33-36(10-4)27-12-8-2/h34-37H,7-33H2,1-6H3. The van der Waals surface area contributed by atoms with Gasteiger partial charge in [-0.1, -0.05) is 164 Å². The molecule has 0 spiro atoms. The highest BCUT2D eigenvalue weighted by atomic mass is 16.5. The molecule has 4 nitrogen and oxygen atoms in total. The fourth-order valence-corrected chi connectivity index (χ4v) is 6.10. The number of esters is 2. The molecular weight excluding hydrogens is 532 g/mol. The van der Waals surface area contributed by atoms with Crippen LogP contribution in [0.3, 0.4) is 0 Å². The summed E-state index contributed by atoms with van der Waals surface area (Å²) in [5.41, 5.74) is 0. The highest BCUT2D eigenvalue weighted by molar-refractivity contribution is 5.69. The Kier molecular flexibility index (Phi) is 30.2. The molecule has 0 aromatic rings. The molecule has 0 fully saturated rings. The summed E-state index contributed by atoms with van der Waals surface area (Å²) in [6.45, 7) is 14.7. The molecule has 0 saturated heterocycles. The molecule has 256 valence electrons. The number of unbranched alkanes of at least 4 members (excludes halogenated alkanes) is 14. The van der Waals surface area contributed by atoms with Gasteiger partial charge in [-0.2, -0.15) is 0 Å². The third-order valence-electron chi connectivity index (χ3n) is 9.66. The number of hydrogen-bond acceptors (Lipinski definition) is 4. The van der Waals surface area contributed by atoms with Gasteiger partial charge >= 0.3 is 11.9 Å². The quantitative estimate of drug-likeness (QED) is 0.0563. The van der Waals surface area contributed by atoms with Crippen molar-refractivity contribution >= 4 is 11.9 Å². The summed E-state index contributed by atoms with van der Waals surface area (Å²) in [5, 5.41) is 0. The third kappa shape index (κ3) is 27.0. The molecule has 0 aromatic heterocycles. The van der Waals surface area contributed by atoms with Gasteiger partial charge in [0.2, 0.25) is 0 Å². The SMILES string of the molecule is CCCCC(CC)COC(=O)CCCCCCCCCCCCCCCC(CCC(=O)OCC(CC)CCCC)C(C)C. The minimum atomic E-state index is 0.00478. The number of hydrogen-bond donors (Lipinski definition) is 0. The van der Waals surface area contributed by atoms with Crippen LogP contribution in [0, 0.1) is 23.7 Å². The molecule has 0 aromatic carbocycles. The predicted molar refractivity (Wildman–Crippen MR) is 185 cm³/mol. The van der Waals surface area contributed by atoms with Crippen molar-refractivity contribution in [2.75, 3.05) is 13.2 Å². The van der Waals surface area contributed by atoms with Crippen LogP contribution in [-0.2, 0) is 19.1 Å². The van der Waals surface area contributed by atoms with Gasteiger partial charge < -0.3 is 9.47 Å². The molecule has 3 atom stereocenters. The zero-order valence-electron chi connectivity index (χ0n) is 30.0. The summed E-state index contributed by atoms with van der Waals surface area (Å²) in [7, 11) is 0. The molecule has 3 unspecified atom stereocenters. The van der Waals surface area contributed by atoms with E-state index in [1.165, 1.54) is 116 Å². The minimum Gasteiger partial charge on any atom is -0.465 e. The summed E-state index contributed by atoms with van der Waals surface area (Å²) >= 11 is 0. The highest BCUT2D eigenvalue weighted by Gasteiger charge is 2.17. The van der Waals surface area contributed by atoms with E-state index in [0.717, 1.165) is 32.1 Å². The molecule has 0 radical (unpaired) electrons. The summed E-state index contributed by atoms with van der Waals surface area (Å²) in [5.74, 6) is 2.36. The highest BCUT2D eigenvalue weighted by Crippen LogP contribution is 2.25. The Labute approximate surface area is 269 Å². The van der Waals surface area contributed by atoms with E-state index in [-0.39, 0.29) is 11.9 Å². The second-order valence-corrected chi connectivity index (χ2v) is 13.9. The van der Waals surface area contributed by atoms with Gasteiger partial charge in [-0.05, 0) is 49.4 Å². The molecule has 0 amide bonds. The second kappa shape index (κ2) is 30.9. The van der Waals surface area contributed by atoms with Gasteiger partial charge in [0.1, 0.15) is 0 Å². The van der Waals surface area contributed by atoms with Crippen molar-refractivity contribution in [2.24, 2.45) is 23.7 Å². The summed E-state index contributed by atoms with van der Waals surface area (Å²) in [4.78, 5) is 24.3. The lowest BCUT2D eigenvalue weighted by Gasteiger charge is -2.21. The Balaban J connectivity index is 3.63. The average Bonchev–Trinajstić information content (AvgIpc) is 3.00. The molecule has 0 bridgehead atoms. The van der Waals surface area contributed by atoms with Crippen LogP contribution in [0.25, 0.3) is 0 Å². The fraction of sp³-hybridized carbons (Fsp3) is 0.949. The van der Waals surface area contributed by atoms with Gasteiger partial charge in [0.15, 0.2) is 0 Å². The van der Waals surface area contributed by atoms with E-state index in [4.69, 9.17) is 9.47 Å². The number of carbonyl (C=O) groups excluding carboxylic acids is 2. The number of ether oxygens (including phenoxy) is 2. The van der Waals surface area contributed by atoms with Crippen LogP contribution in [0.4, 0.5) is 0 Å². The van der Waals surface area contributed by atoms with Crippen LogP contribution in [-0.4, -0.2) is 25.2 Å². The van der Waals surface area contributed by atoms with Crippen molar-refractivity contribution in [2.45, 2.75) is 202 Å². The first-order valence-electron chi connectivity index (χ1n) is 19.2. The first-order chi connectivity index (χ1) is 20.9. The van der Waals surface area contributed by atoms with E-state index in [1.54, 1.807) is 0 Å². The summed E-state index contributed by atoms with van der Waals surface area (Å²) < 4.78 is 11.1. The van der Waals surface area contributed by atoms with E-state index < -0.39 is 0 Å². The van der Waals surface area contributed by atoms with E-state index in [2.05, 4.69) is 41.5 Å². The van der Waals surface area contributed by atoms with Crippen LogP contribution in [0.5, 0.6) is 0 Å². The lowest BCUT2D eigenvalue weighted by molar-refractivity contribution is -0.146. The predicted octanol–water partition coefficient (Wildman–Crippen LogP) is 12.4. The van der Waals surface area contributed by atoms with Crippen LogP contribution in [0.1, 0.15) is 202 Å². The first-order valence-corrected chi connectivity index (χ1v) is 19.2. The number of rotatable bonds is 32. The zero-order chi connectivity index (χ0) is 32.0. The van der Waals surface area contributed by atoms with E-state index in [0.29, 0.717) is 49.7 Å². The van der Waals surface area contributed by atoms with Crippen LogP contribution in [0.2, 0.25) is 0 Å². The number of carbonyl (C=O) groups is 2. The van der Waals surface area contributed by atoms with Crippen LogP contribution >= 0.6 is 0 Å². The van der Waals surface area contributed by atoms with Crippen molar-refractivity contribution < 1.29 is 19.1 Å². The molecule has 0 rings (SSSR count). The van der Waals surface area contributed by atoms with Crippen molar-refractivity contribution in [3.63, 3.8) is 0 Å². The summed E-state index contributed by atoms with van der Waals surface area (Å²) in [6.07, 6.45) is 29.7. The molecular formula is C39H76O4. The smallest absolute Gasteiger partial charge is 0.305 e. The maximum Gasteiger partial charge on any atom is 0.305 e. The van der Waals surface area contributed by atoms with Gasteiger partial charge in [-0.15, -0.1) is 0 Å². The monoisotopic (exact) mass is 609 g/mol. The average molecular weight is 609 g/mol. The van der Waals surface area contributed by atoms with Gasteiger partial charge in [-0.25, -0.2) is 0 Å². The van der Waals surface area contributed by atoms with Crippen LogP contribution < -0.4 is 0 Å². The van der Waals surface area contributed by atoms with Crippen LogP contribution in [0.15, 0.2) is 0 Å². The fourth-order valence-electron chi connectivity index (χ4n) is 6.10. The molecule has 0 saturated carbocycles. The Bertz CT molecular complexity index is 616. The molecule has 0 N–H and O–H groups in total. The zero-order valence-corrected chi connectivity index (χ0v) is 30.0. The first kappa shape index (κ1) is 41.9. The van der Waals surface area contributed by atoms with Gasteiger partial charge in [0.25, 0.3) is 0 Å². The van der Waals surface area contributed by atoms with Crippen molar-refractivity contribution in [3.8, 4) is 0 Å². The molecule has 4 heteroatoms. The minimum absolute atomic E-state index is 0.00478. The van der Waals surface area contributed by atoms with Crippen molar-refractivity contribution in [3.05, 3.63) is 0 Å². The lowest BCUT2D eigenvalue weighted by Crippen LogP contribution is -2.16.